The molecule has 0 radical (unpaired) electrons. The fourth-order valence-electron chi connectivity index (χ4n) is 0.856. The van der Waals surface area contributed by atoms with Crippen LogP contribution in [0, 0.1) is 0 Å². The zero-order valence-electron chi connectivity index (χ0n) is 7.72. The van der Waals surface area contributed by atoms with Gasteiger partial charge in [0.25, 0.3) is 0 Å². The summed E-state index contributed by atoms with van der Waals surface area (Å²) in [6.07, 6.45) is 0.484. The van der Waals surface area contributed by atoms with E-state index in [2.05, 4.69) is 15.9 Å². The molecule has 1 rings (SSSR count). The van der Waals surface area contributed by atoms with Gasteiger partial charge in [0, 0.05) is 6.42 Å². The van der Waals surface area contributed by atoms with Crippen LogP contribution in [0.3, 0.4) is 0 Å². The van der Waals surface area contributed by atoms with E-state index in [9.17, 15) is 4.79 Å². The van der Waals surface area contributed by atoms with Gasteiger partial charge < -0.3 is 4.74 Å². The second-order valence-electron chi connectivity index (χ2n) is 2.73. The Morgan fingerprint density at radius 1 is 1.57 bits per heavy atom. The van der Waals surface area contributed by atoms with Crippen molar-refractivity contribution in [1.82, 2.24) is 0 Å². The summed E-state index contributed by atoms with van der Waals surface area (Å²) in [6.45, 7) is 1.90. The molecule has 0 N–H and O–H groups in total. The van der Waals surface area contributed by atoms with Gasteiger partial charge in [-0.2, -0.15) is 0 Å². The van der Waals surface area contributed by atoms with E-state index in [-0.39, 0.29) is 12.4 Å². The third kappa shape index (κ3) is 3.00. The summed E-state index contributed by atoms with van der Waals surface area (Å²) in [6, 6.07) is 5.29. The lowest BCUT2D eigenvalue weighted by Crippen LogP contribution is -2.09. The molecular weight excluding hydrogens is 267 g/mol. The Kier molecular flexibility index (Phi) is 4.42. The summed E-state index contributed by atoms with van der Waals surface area (Å²) in [5, 5.41) is 0.575. The molecule has 0 heterocycles. The first-order chi connectivity index (χ1) is 6.65. The number of hydrogen-bond acceptors (Lipinski definition) is 2. The van der Waals surface area contributed by atoms with E-state index >= 15 is 0 Å². The van der Waals surface area contributed by atoms with Crippen molar-refractivity contribution in [2.45, 2.75) is 13.3 Å². The zero-order valence-corrected chi connectivity index (χ0v) is 10.1. The highest BCUT2D eigenvalue weighted by molar-refractivity contribution is 9.10. The number of benzene rings is 1. The van der Waals surface area contributed by atoms with E-state index in [1.807, 2.05) is 0 Å². The topological polar surface area (TPSA) is 26.3 Å². The Morgan fingerprint density at radius 3 is 2.93 bits per heavy atom. The number of Topliss-reactive ketones (excluding diaryl/α,β-unsaturated/α-hetero) is 1. The highest BCUT2D eigenvalue weighted by Gasteiger charge is 2.06. The number of ether oxygens (including phenoxy) is 1. The first-order valence-electron chi connectivity index (χ1n) is 4.23. The minimum Gasteiger partial charge on any atom is -0.485 e. The Balaban J connectivity index is 2.68. The molecule has 0 fully saturated rings. The standard InChI is InChI=1S/C10H10BrClO2/c1-2-7(13)6-14-9-5-3-4-8(12)10(9)11/h3-5H,2,6H2,1H3. The van der Waals surface area contributed by atoms with Crippen molar-refractivity contribution >= 4 is 33.3 Å². The lowest BCUT2D eigenvalue weighted by atomic mass is 10.3. The Bertz CT molecular complexity index is 339. The maximum absolute atomic E-state index is 11.0. The maximum Gasteiger partial charge on any atom is 0.169 e. The quantitative estimate of drug-likeness (QED) is 0.842. The molecule has 0 saturated carbocycles. The summed E-state index contributed by atoms with van der Waals surface area (Å²) < 4.78 is 5.98. The maximum atomic E-state index is 11.0. The monoisotopic (exact) mass is 276 g/mol. The molecule has 0 aromatic heterocycles. The van der Waals surface area contributed by atoms with Gasteiger partial charge in [-0.25, -0.2) is 0 Å². The molecule has 0 aliphatic heterocycles. The van der Waals surface area contributed by atoms with Gasteiger partial charge in [-0.15, -0.1) is 0 Å². The van der Waals surface area contributed by atoms with Crippen LogP contribution < -0.4 is 4.74 Å². The van der Waals surface area contributed by atoms with E-state index in [4.69, 9.17) is 16.3 Å². The number of halogens is 2. The lowest BCUT2D eigenvalue weighted by molar-refractivity contribution is -0.120. The number of carbonyl (C=O) groups excluding carboxylic acids is 1. The molecule has 0 amide bonds. The van der Waals surface area contributed by atoms with E-state index in [1.54, 1.807) is 25.1 Å². The van der Waals surface area contributed by atoms with Crippen LogP contribution >= 0.6 is 27.5 Å². The summed E-state index contributed by atoms with van der Waals surface area (Å²) in [5.41, 5.74) is 0. The van der Waals surface area contributed by atoms with Gasteiger partial charge in [0.05, 0.1) is 9.50 Å². The van der Waals surface area contributed by atoms with Crippen LogP contribution in [-0.2, 0) is 4.79 Å². The normalized spacial score (nSPS) is 9.93. The summed E-state index contributed by atoms with van der Waals surface area (Å²) in [4.78, 5) is 11.0. The van der Waals surface area contributed by atoms with Crippen LogP contribution in [0.5, 0.6) is 5.75 Å². The molecule has 0 aliphatic rings. The predicted molar refractivity (Wildman–Crippen MR) is 59.9 cm³/mol. The molecular formula is C10H10BrClO2. The van der Waals surface area contributed by atoms with Crippen LogP contribution in [-0.4, -0.2) is 12.4 Å². The molecule has 14 heavy (non-hydrogen) atoms. The second kappa shape index (κ2) is 5.37. The molecule has 0 saturated heterocycles. The van der Waals surface area contributed by atoms with Gasteiger partial charge in [0.15, 0.2) is 5.78 Å². The Morgan fingerprint density at radius 2 is 2.29 bits per heavy atom. The van der Waals surface area contributed by atoms with Crippen molar-refractivity contribution in [3.8, 4) is 5.75 Å². The van der Waals surface area contributed by atoms with Gasteiger partial charge in [0.2, 0.25) is 0 Å². The number of carbonyl (C=O) groups is 1. The van der Waals surface area contributed by atoms with Gasteiger partial charge in [-0.3, -0.25) is 4.79 Å². The fourth-order valence-corrected chi connectivity index (χ4v) is 1.40. The first kappa shape index (κ1) is 11.5. The SMILES string of the molecule is CCC(=O)COc1cccc(Cl)c1Br. The van der Waals surface area contributed by atoms with E-state index in [1.165, 1.54) is 0 Å². The van der Waals surface area contributed by atoms with Crippen molar-refractivity contribution in [2.75, 3.05) is 6.61 Å². The number of hydrogen-bond donors (Lipinski definition) is 0. The molecule has 0 atom stereocenters. The fraction of sp³-hybridized carbons (Fsp3) is 0.300. The lowest BCUT2D eigenvalue weighted by Gasteiger charge is -2.07. The van der Waals surface area contributed by atoms with Crippen molar-refractivity contribution in [3.63, 3.8) is 0 Å². The Hall–Kier alpha value is -0.540. The zero-order chi connectivity index (χ0) is 10.6. The number of rotatable bonds is 4. The third-order valence-electron chi connectivity index (χ3n) is 1.70. The molecule has 1 aromatic carbocycles. The van der Waals surface area contributed by atoms with Crippen molar-refractivity contribution in [3.05, 3.63) is 27.7 Å². The van der Waals surface area contributed by atoms with Gasteiger partial charge in [0.1, 0.15) is 12.4 Å². The van der Waals surface area contributed by atoms with Crippen molar-refractivity contribution in [2.24, 2.45) is 0 Å². The van der Waals surface area contributed by atoms with E-state index in [0.29, 0.717) is 21.7 Å². The second-order valence-corrected chi connectivity index (χ2v) is 3.93. The molecule has 76 valence electrons. The van der Waals surface area contributed by atoms with Crippen LogP contribution in [0.15, 0.2) is 22.7 Å². The Labute approximate surface area is 96.3 Å². The summed E-state index contributed by atoms with van der Waals surface area (Å²) in [5.74, 6) is 0.663. The molecule has 4 heteroatoms. The average Bonchev–Trinajstić information content (AvgIpc) is 2.20. The third-order valence-corrected chi connectivity index (χ3v) is 3.06. The van der Waals surface area contributed by atoms with Gasteiger partial charge >= 0.3 is 0 Å². The first-order valence-corrected chi connectivity index (χ1v) is 5.40. The minimum atomic E-state index is 0.0666. The van der Waals surface area contributed by atoms with E-state index in [0.717, 1.165) is 0 Å². The van der Waals surface area contributed by atoms with Crippen LogP contribution in [0.2, 0.25) is 5.02 Å². The van der Waals surface area contributed by atoms with Crippen LogP contribution in [0.25, 0.3) is 0 Å². The summed E-state index contributed by atoms with van der Waals surface area (Å²) in [7, 11) is 0. The molecule has 0 bridgehead atoms. The average molecular weight is 278 g/mol. The van der Waals surface area contributed by atoms with Gasteiger partial charge in [-0.05, 0) is 28.1 Å². The highest BCUT2D eigenvalue weighted by atomic mass is 79.9. The largest absolute Gasteiger partial charge is 0.485 e. The van der Waals surface area contributed by atoms with Gasteiger partial charge in [-0.1, -0.05) is 24.6 Å². The smallest absolute Gasteiger partial charge is 0.169 e. The molecule has 2 nitrogen and oxygen atoms in total. The molecule has 0 aliphatic carbocycles. The highest BCUT2D eigenvalue weighted by Crippen LogP contribution is 2.31. The van der Waals surface area contributed by atoms with Crippen molar-refractivity contribution < 1.29 is 9.53 Å². The molecule has 0 spiro atoms. The molecule has 1 aromatic rings. The van der Waals surface area contributed by atoms with Crippen LogP contribution in [0.1, 0.15) is 13.3 Å². The summed E-state index contributed by atoms with van der Waals surface area (Å²) >= 11 is 9.14. The minimum absolute atomic E-state index is 0.0666. The van der Waals surface area contributed by atoms with Crippen molar-refractivity contribution in [1.29, 1.82) is 0 Å². The number of ketones is 1. The van der Waals surface area contributed by atoms with E-state index < -0.39 is 0 Å². The predicted octanol–water partition coefficient (Wildman–Crippen LogP) is 3.46. The van der Waals surface area contributed by atoms with Crippen LogP contribution in [0.4, 0.5) is 0 Å². The molecule has 0 unspecified atom stereocenters.